The van der Waals surface area contributed by atoms with E-state index >= 15 is 0 Å². The lowest BCUT2D eigenvalue weighted by atomic mass is 9.92. The second-order valence-corrected chi connectivity index (χ2v) is 6.27. The second-order valence-electron chi connectivity index (χ2n) is 6.27. The molecule has 2 aromatic carbocycles. The van der Waals surface area contributed by atoms with Crippen LogP contribution in [0, 0.1) is 6.92 Å². The summed E-state index contributed by atoms with van der Waals surface area (Å²) in [4.78, 5) is 17.4. The summed E-state index contributed by atoms with van der Waals surface area (Å²) in [6, 6.07) is 17.1. The van der Waals surface area contributed by atoms with Crippen LogP contribution < -0.4 is 10.6 Å². The summed E-state index contributed by atoms with van der Waals surface area (Å²) in [5, 5.41) is 10.5. The highest BCUT2D eigenvalue weighted by Crippen LogP contribution is 2.36. The average Bonchev–Trinajstić information content (AvgIpc) is 3.10. The Hall–Kier alpha value is -3.41. The molecule has 0 aliphatic carbocycles. The van der Waals surface area contributed by atoms with Gasteiger partial charge in [-0.25, -0.2) is 4.68 Å². The largest absolute Gasteiger partial charge is 0.328 e. The molecule has 2 N–H and O–H groups in total. The molecule has 0 bridgehead atoms. The van der Waals surface area contributed by atoms with Crippen LogP contribution in [0.15, 0.2) is 72.2 Å². The Morgan fingerprint density at radius 2 is 1.81 bits per heavy atom. The number of nitrogens with one attached hydrogen (secondary N) is 2. The number of allylic oxidation sites excluding steroid dienone is 1. The number of benzene rings is 2. The molecule has 26 heavy (non-hydrogen) atoms. The van der Waals surface area contributed by atoms with Crippen molar-refractivity contribution in [1.29, 1.82) is 0 Å². The van der Waals surface area contributed by atoms with Gasteiger partial charge in [-0.05, 0) is 37.1 Å². The van der Waals surface area contributed by atoms with Gasteiger partial charge in [0.1, 0.15) is 12.4 Å². The molecule has 1 aromatic heterocycles. The van der Waals surface area contributed by atoms with Gasteiger partial charge in [0.2, 0.25) is 5.95 Å². The fourth-order valence-electron chi connectivity index (χ4n) is 3.29. The van der Waals surface area contributed by atoms with Gasteiger partial charge in [0.15, 0.2) is 0 Å². The van der Waals surface area contributed by atoms with Crippen LogP contribution in [0.1, 0.15) is 24.1 Å². The number of fused-ring (bicyclic) bond motifs is 1. The smallest absolute Gasteiger partial charge is 0.255 e. The number of carbonyl (C=O) groups is 1. The molecule has 0 saturated heterocycles. The van der Waals surface area contributed by atoms with E-state index in [0.29, 0.717) is 11.5 Å². The molecule has 0 saturated carbocycles. The Labute approximate surface area is 151 Å². The molecule has 2 heterocycles. The topological polar surface area (TPSA) is 71.8 Å². The van der Waals surface area contributed by atoms with Crippen LogP contribution in [-0.2, 0) is 4.79 Å². The monoisotopic (exact) mass is 345 g/mol. The number of carbonyl (C=O) groups excluding carboxylic acids is 1. The van der Waals surface area contributed by atoms with Crippen molar-refractivity contribution in [2.45, 2.75) is 19.9 Å². The zero-order valence-electron chi connectivity index (χ0n) is 14.6. The number of amides is 1. The second kappa shape index (κ2) is 6.48. The fraction of sp³-hybridized carbons (Fsp3) is 0.150. The lowest BCUT2D eigenvalue weighted by Crippen LogP contribution is -2.31. The van der Waals surface area contributed by atoms with E-state index in [-0.39, 0.29) is 11.9 Å². The molecule has 1 aliphatic rings. The molecule has 1 aliphatic heterocycles. The Balaban J connectivity index is 1.80. The van der Waals surface area contributed by atoms with Gasteiger partial charge in [-0.15, -0.1) is 0 Å². The summed E-state index contributed by atoms with van der Waals surface area (Å²) in [7, 11) is 0. The number of hydrogen-bond acceptors (Lipinski definition) is 4. The van der Waals surface area contributed by atoms with Gasteiger partial charge in [0.05, 0.1) is 5.57 Å². The maximum absolute atomic E-state index is 13.1. The van der Waals surface area contributed by atoms with Gasteiger partial charge >= 0.3 is 0 Å². The number of rotatable bonds is 3. The predicted octanol–water partition coefficient (Wildman–Crippen LogP) is 3.51. The zero-order chi connectivity index (χ0) is 18.1. The van der Waals surface area contributed by atoms with Crippen LogP contribution in [0.5, 0.6) is 0 Å². The number of anilines is 2. The lowest BCUT2D eigenvalue weighted by Gasteiger charge is -2.29. The first-order valence-electron chi connectivity index (χ1n) is 8.44. The molecule has 0 spiro atoms. The predicted molar refractivity (Wildman–Crippen MR) is 101 cm³/mol. The molecule has 3 aromatic rings. The van der Waals surface area contributed by atoms with E-state index in [1.165, 1.54) is 6.33 Å². The van der Waals surface area contributed by atoms with Crippen molar-refractivity contribution in [3.05, 3.63) is 83.3 Å². The van der Waals surface area contributed by atoms with Gasteiger partial charge in [-0.1, -0.05) is 42.5 Å². The molecular weight excluding hydrogens is 326 g/mol. The third-order valence-electron chi connectivity index (χ3n) is 4.55. The van der Waals surface area contributed by atoms with E-state index in [1.807, 2.05) is 68.4 Å². The van der Waals surface area contributed by atoms with E-state index in [0.717, 1.165) is 22.5 Å². The van der Waals surface area contributed by atoms with Crippen LogP contribution >= 0.6 is 0 Å². The van der Waals surface area contributed by atoms with Crippen molar-refractivity contribution in [2.75, 3.05) is 10.6 Å². The maximum Gasteiger partial charge on any atom is 0.255 e. The van der Waals surface area contributed by atoms with Crippen molar-refractivity contribution in [2.24, 2.45) is 0 Å². The third kappa shape index (κ3) is 2.75. The SMILES string of the molecule is CC1=C(C(=O)Nc2ccccc2)[C@@H](c2ccccc2C)n2ncnc2N1. The lowest BCUT2D eigenvalue weighted by molar-refractivity contribution is -0.113. The number of nitrogens with zero attached hydrogens (tertiary/aromatic N) is 3. The molecule has 1 amide bonds. The van der Waals surface area contributed by atoms with Crippen molar-refractivity contribution in [1.82, 2.24) is 14.8 Å². The third-order valence-corrected chi connectivity index (χ3v) is 4.55. The molecule has 4 rings (SSSR count). The molecule has 0 radical (unpaired) electrons. The molecule has 6 nitrogen and oxygen atoms in total. The van der Waals surface area contributed by atoms with Gasteiger partial charge < -0.3 is 10.6 Å². The van der Waals surface area contributed by atoms with Crippen molar-refractivity contribution in [3.63, 3.8) is 0 Å². The number of aryl methyl sites for hydroxylation is 1. The molecular formula is C20H19N5O. The summed E-state index contributed by atoms with van der Waals surface area (Å²) in [6.45, 7) is 3.93. The highest BCUT2D eigenvalue weighted by atomic mass is 16.1. The minimum absolute atomic E-state index is 0.157. The summed E-state index contributed by atoms with van der Waals surface area (Å²) < 4.78 is 1.76. The zero-order valence-corrected chi connectivity index (χ0v) is 14.6. The molecule has 1 atom stereocenters. The first-order chi connectivity index (χ1) is 12.6. The summed E-state index contributed by atoms with van der Waals surface area (Å²) in [6.07, 6.45) is 1.50. The first-order valence-corrected chi connectivity index (χ1v) is 8.44. The molecule has 130 valence electrons. The van der Waals surface area contributed by atoms with Crippen molar-refractivity contribution < 1.29 is 4.79 Å². The summed E-state index contributed by atoms with van der Waals surface area (Å²) in [5.41, 5.74) is 4.27. The van der Waals surface area contributed by atoms with Gasteiger partial charge in [0, 0.05) is 11.4 Å². The van der Waals surface area contributed by atoms with E-state index in [1.54, 1.807) is 4.68 Å². The highest BCUT2D eigenvalue weighted by Gasteiger charge is 2.34. The Bertz CT molecular complexity index is 990. The van der Waals surface area contributed by atoms with Crippen LogP contribution in [0.25, 0.3) is 0 Å². The normalized spacial score (nSPS) is 16.0. The van der Waals surface area contributed by atoms with Crippen LogP contribution in [-0.4, -0.2) is 20.7 Å². The highest BCUT2D eigenvalue weighted by molar-refractivity contribution is 6.06. The fourth-order valence-corrected chi connectivity index (χ4v) is 3.29. The number of hydrogen-bond donors (Lipinski definition) is 2. The first kappa shape index (κ1) is 16.1. The minimum atomic E-state index is -0.335. The van der Waals surface area contributed by atoms with E-state index < -0.39 is 0 Å². The summed E-state index contributed by atoms with van der Waals surface area (Å²) in [5.74, 6) is 0.475. The molecule has 0 fully saturated rings. The van der Waals surface area contributed by atoms with E-state index in [2.05, 4.69) is 20.7 Å². The summed E-state index contributed by atoms with van der Waals surface area (Å²) >= 11 is 0. The van der Waals surface area contributed by atoms with Gasteiger partial charge in [0.25, 0.3) is 5.91 Å². The van der Waals surface area contributed by atoms with Crippen LogP contribution in [0.2, 0.25) is 0 Å². The van der Waals surface area contributed by atoms with Gasteiger partial charge in [-0.3, -0.25) is 4.79 Å². The quantitative estimate of drug-likeness (QED) is 0.762. The van der Waals surface area contributed by atoms with Crippen LogP contribution in [0.4, 0.5) is 11.6 Å². The standard InChI is InChI=1S/C20H19N5O/c1-13-8-6-7-11-16(13)18-17(14(2)23-20-21-12-22-25(18)20)19(26)24-15-9-4-3-5-10-15/h3-12,18H,1-2H3,(H,24,26)(H,21,22,23)/t18-/m1/s1. The maximum atomic E-state index is 13.1. The average molecular weight is 345 g/mol. The number of aromatic nitrogens is 3. The van der Waals surface area contributed by atoms with E-state index in [4.69, 9.17) is 0 Å². The Kier molecular flexibility index (Phi) is 4.01. The van der Waals surface area contributed by atoms with Crippen molar-refractivity contribution in [3.8, 4) is 0 Å². The van der Waals surface area contributed by atoms with E-state index in [9.17, 15) is 4.79 Å². The molecule has 0 unspecified atom stereocenters. The Morgan fingerprint density at radius 1 is 1.08 bits per heavy atom. The Morgan fingerprint density at radius 3 is 2.58 bits per heavy atom. The van der Waals surface area contributed by atoms with Gasteiger partial charge in [-0.2, -0.15) is 10.1 Å². The molecule has 6 heteroatoms. The number of para-hydroxylation sites is 1. The minimum Gasteiger partial charge on any atom is -0.328 e. The van der Waals surface area contributed by atoms with Crippen LogP contribution in [0.3, 0.4) is 0 Å². The van der Waals surface area contributed by atoms with Crippen molar-refractivity contribution >= 4 is 17.5 Å².